The number of fused-ring (bicyclic) bond motifs is 1. The molecule has 1 N–H and O–H groups in total. The van der Waals surface area contributed by atoms with Gasteiger partial charge in [0, 0.05) is 11.4 Å². The van der Waals surface area contributed by atoms with Crippen LogP contribution in [-0.4, -0.2) is 6.54 Å². The molecule has 0 saturated heterocycles. The van der Waals surface area contributed by atoms with Crippen LogP contribution in [0.4, 0.5) is 0 Å². The quantitative estimate of drug-likeness (QED) is 0.881. The van der Waals surface area contributed by atoms with Gasteiger partial charge in [0.15, 0.2) is 0 Å². The highest BCUT2D eigenvalue weighted by Gasteiger charge is 2.23. The fourth-order valence-electron chi connectivity index (χ4n) is 3.00. The maximum Gasteiger partial charge on any atom is 0.0216 e. The summed E-state index contributed by atoms with van der Waals surface area (Å²) in [5.41, 5.74) is 4.68. The summed E-state index contributed by atoms with van der Waals surface area (Å²) in [6.07, 6.45) is 3.78. The number of hydrogen-bond donors (Lipinski definition) is 1. The van der Waals surface area contributed by atoms with Crippen LogP contribution >= 0.6 is 11.3 Å². The van der Waals surface area contributed by atoms with Gasteiger partial charge in [0.1, 0.15) is 0 Å². The fourth-order valence-corrected chi connectivity index (χ4v) is 4.18. The second-order valence-electron chi connectivity index (χ2n) is 5.29. The van der Waals surface area contributed by atoms with Crippen LogP contribution in [0.3, 0.4) is 0 Å². The lowest BCUT2D eigenvalue weighted by Gasteiger charge is -2.23. The highest BCUT2D eigenvalue weighted by Crippen LogP contribution is 2.37. The third-order valence-corrected chi connectivity index (χ3v) is 5.18. The molecule has 0 fully saturated rings. The maximum absolute atomic E-state index is 3.45. The third kappa shape index (κ3) is 2.75. The van der Waals surface area contributed by atoms with Crippen LogP contribution in [-0.2, 0) is 19.4 Å². The fraction of sp³-hybridized carbons (Fsp3) is 0.412. The Kier molecular flexibility index (Phi) is 4.00. The molecule has 0 radical (unpaired) electrons. The van der Waals surface area contributed by atoms with Gasteiger partial charge < -0.3 is 5.32 Å². The Morgan fingerprint density at radius 3 is 2.89 bits per heavy atom. The molecule has 3 rings (SSSR count). The molecule has 2 heteroatoms. The number of rotatable bonds is 4. The van der Waals surface area contributed by atoms with E-state index in [1.54, 1.807) is 10.4 Å². The van der Waals surface area contributed by atoms with E-state index in [1.165, 1.54) is 30.4 Å². The molecule has 1 heterocycles. The van der Waals surface area contributed by atoms with Crippen LogP contribution in [0.25, 0.3) is 0 Å². The lowest BCUT2D eigenvalue weighted by Crippen LogP contribution is -2.15. The van der Waals surface area contributed by atoms with Crippen LogP contribution in [0.15, 0.2) is 35.7 Å². The van der Waals surface area contributed by atoms with Gasteiger partial charge in [-0.15, -0.1) is 11.3 Å². The monoisotopic (exact) mass is 271 g/mol. The SMILES string of the molecule is CCNCc1csc2c1CCC(c1ccccc1)C2. The topological polar surface area (TPSA) is 12.0 Å². The van der Waals surface area contributed by atoms with E-state index >= 15 is 0 Å². The first-order valence-electron chi connectivity index (χ1n) is 7.22. The molecule has 0 bridgehead atoms. The number of nitrogens with one attached hydrogen (secondary N) is 1. The molecule has 1 atom stereocenters. The average molecular weight is 271 g/mol. The van der Waals surface area contributed by atoms with E-state index in [-0.39, 0.29) is 0 Å². The van der Waals surface area contributed by atoms with E-state index in [4.69, 9.17) is 0 Å². The molecule has 0 spiro atoms. The van der Waals surface area contributed by atoms with E-state index in [0.29, 0.717) is 0 Å². The first kappa shape index (κ1) is 12.9. The zero-order valence-corrected chi connectivity index (χ0v) is 12.3. The molecule has 1 aromatic heterocycles. The van der Waals surface area contributed by atoms with E-state index in [2.05, 4.69) is 48.0 Å². The third-order valence-electron chi connectivity index (χ3n) is 4.08. The summed E-state index contributed by atoms with van der Waals surface area (Å²) in [5.74, 6) is 0.722. The largest absolute Gasteiger partial charge is 0.313 e. The summed E-state index contributed by atoms with van der Waals surface area (Å²) in [4.78, 5) is 1.62. The Morgan fingerprint density at radius 2 is 2.11 bits per heavy atom. The Labute approximate surface area is 119 Å². The lowest BCUT2D eigenvalue weighted by molar-refractivity contribution is 0.587. The van der Waals surface area contributed by atoms with Crippen molar-refractivity contribution in [2.45, 2.75) is 38.6 Å². The predicted octanol–water partition coefficient (Wildman–Crippen LogP) is 4.13. The van der Waals surface area contributed by atoms with Crippen molar-refractivity contribution < 1.29 is 0 Å². The van der Waals surface area contributed by atoms with Crippen LogP contribution in [0, 0.1) is 0 Å². The standard InChI is InChI=1S/C17H21NS/c1-2-18-11-15-12-19-17-10-14(8-9-16(15)17)13-6-4-3-5-7-13/h3-7,12,14,18H,2,8-11H2,1H3. The van der Waals surface area contributed by atoms with Gasteiger partial charge in [0.2, 0.25) is 0 Å². The minimum Gasteiger partial charge on any atom is -0.313 e. The van der Waals surface area contributed by atoms with Crippen molar-refractivity contribution in [3.63, 3.8) is 0 Å². The zero-order chi connectivity index (χ0) is 13.1. The molecule has 2 aromatic rings. The normalized spacial score (nSPS) is 18.3. The van der Waals surface area contributed by atoms with Gasteiger partial charge in [-0.05, 0) is 53.8 Å². The van der Waals surface area contributed by atoms with E-state index in [9.17, 15) is 0 Å². The number of hydrogen-bond acceptors (Lipinski definition) is 2. The molecule has 1 aliphatic rings. The molecule has 1 nitrogen and oxygen atoms in total. The second-order valence-corrected chi connectivity index (χ2v) is 6.26. The van der Waals surface area contributed by atoms with Gasteiger partial charge >= 0.3 is 0 Å². The summed E-state index contributed by atoms with van der Waals surface area (Å²) < 4.78 is 0. The highest BCUT2D eigenvalue weighted by atomic mass is 32.1. The second kappa shape index (κ2) is 5.89. The average Bonchev–Trinajstić information content (AvgIpc) is 2.88. The summed E-state index contributed by atoms with van der Waals surface area (Å²) in [6.45, 7) is 4.26. The molecule has 0 amide bonds. The van der Waals surface area contributed by atoms with Crippen LogP contribution in [0.5, 0.6) is 0 Å². The highest BCUT2D eigenvalue weighted by molar-refractivity contribution is 7.10. The van der Waals surface area contributed by atoms with Gasteiger partial charge in [-0.1, -0.05) is 37.3 Å². The Balaban J connectivity index is 1.76. The van der Waals surface area contributed by atoms with Crippen molar-refractivity contribution in [1.29, 1.82) is 0 Å². The van der Waals surface area contributed by atoms with Gasteiger partial charge in [0.05, 0.1) is 0 Å². The van der Waals surface area contributed by atoms with Crippen LogP contribution in [0.1, 0.15) is 40.8 Å². The zero-order valence-electron chi connectivity index (χ0n) is 11.5. The van der Waals surface area contributed by atoms with Crippen LogP contribution in [0.2, 0.25) is 0 Å². The number of benzene rings is 1. The first-order chi connectivity index (χ1) is 9.38. The van der Waals surface area contributed by atoms with E-state index in [0.717, 1.165) is 19.0 Å². The molecule has 0 aliphatic heterocycles. The lowest BCUT2D eigenvalue weighted by atomic mass is 9.83. The summed E-state index contributed by atoms with van der Waals surface area (Å²) in [5, 5.41) is 5.81. The van der Waals surface area contributed by atoms with Crippen molar-refractivity contribution in [3.05, 3.63) is 57.3 Å². The van der Waals surface area contributed by atoms with Gasteiger partial charge in [0.25, 0.3) is 0 Å². The molecule has 0 saturated carbocycles. The van der Waals surface area contributed by atoms with Gasteiger partial charge in [-0.25, -0.2) is 0 Å². The van der Waals surface area contributed by atoms with Crippen molar-refractivity contribution >= 4 is 11.3 Å². The van der Waals surface area contributed by atoms with E-state index < -0.39 is 0 Å². The van der Waals surface area contributed by atoms with Gasteiger partial charge in [-0.3, -0.25) is 0 Å². The summed E-state index contributed by atoms with van der Waals surface area (Å²) in [6, 6.07) is 11.0. The van der Waals surface area contributed by atoms with Crippen molar-refractivity contribution in [2.75, 3.05) is 6.54 Å². The smallest absolute Gasteiger partial charge is 0.0216 e. The van der Waals surface area contributed by atoms with Crippen LogP contribution < -0.4 is 5.32 Å². The molecular formula is C17H21NS. The summed E-state index contributed by atoms with van der Waals surface area (Å²) in [7, 11) is 0. The Morgan fingerprint density at radius 1 is 1.26 bits per heavy atom. The minimum absolute atomic E-state index is 0.722. The molecule has 19 heavy (non-hydrogen) atoms. The molecule has 100 valence electrons. The van der Waals surface area contributed by atoms with Gasteiger partial charge in [-0.2, -0.15) is 0 Å². The minimum atomic E-state index is 0.722. The Hall–Kier alpha value is -1.12. The molecular weight excluding hydrogens is 250 g/mol. The maximum atomic E-state index is 3.45. The van der Waals surface area contributed by atoms with Crippen molar-refractivity contribution in [2.24, 2.45) is 0 Å². The molecule has 1 aromatic carbocycles. The predicted molar refractivity (Wildman–Crippen MR) is 82.9 cm³/mol. The molecule has 1 aliphatic carbocycles. The first-order valence-corrected chi connectivity index (χ1v) is 8.10. The van der Waals surface area contributed by atoms with E-state index in [1.807, 2.05) is 11.3 Å². The summed E-state index contributed by atoms with van der Waals surface area (Å²) >= 11 is 1.96. The van der Waals surface area contributed by atoms with Crippen molar-refractivity contribution in [1.82, 2.24) is 5.32 Å². The molecule has 1 unspecified atom stereocenters. The van der Waals surface area contributed by atoms with Crippen molar-refractivity contribution in [3.8, 4) is 0 Å². The Bertz CT molecular complexity index is 529. The number of thiophene rings is 1.